The number of hydrogen-bond donors (Lipinski definition) is 2. The normalized spacial score (nSPS) is 15.2. The molecule has 0 saturated heterocycles. The number of aromatic nitrogens is 2. The van der Waals surface area contributed by atoms with Crippen molar-refractivity contribution in [1.82, 2.24) is 9.78 Å². The minimum absolute atomic E-state index is 0.00468. The summed E-state index contributed by atoms with van der Waals surface area (Å²) >= 11 is 0. The third-order valence-corrected chi connectivity index (χ3v) is 5.05. The zero-order valence-electron chi connectivity index (χ0n) is 16.9. The Hall–Kier alpha value is -3.81. The molecule has 30 heavy (non-hydrogen) atoms. The second kappa shape index (κ2) is 7.90. The van der Waals surface area contributed by atoms with Gasteiger partial charge in [-0.25, -0.2) is 4.68 Å². The highest BCUT2D eigenvalue weighted by atomic mass is 16.5. The van der Waals surface area contributed by atoms with E-state index in [1.807, 2.05) is 37.3 Å². The second-order valence-electron chi connectivity index (χ2n) is 6.99. The van der Waals surface area contributed by atoms with Gasteiger partial charge in [0.05, 0.1) is 26.3 Å². The Balaban J connectivity index is 1.68. The van der Waals surface area contributed by atoms with E-state index in [0.717, 1.165) is 16.8 Å². The standard InChI is InChI=1S/C22H22N4O4/c1-13-20(14-7-5-4-6-8-14)25-26-18(12-19(27)24-21(13)26)22(28)23-15-9-16(29-2)11-17(10-15)30-3/h4-11,18H,12H2,1-3H3,(H,23,28)(H,24,27)/t18-/m1/s1. The van der Waals surface area contributed by atoms with Gasteiger partial charge in [0, 0.05) is 35.0 Å². The van der Waals surface area contributed by atoms with Crippen molar-refractivity contribution in [3.63, 3.8) is 0 Å². The lowest BCUT2D eigenvalue weighted by Crippen LogP contribution is -2.35. The molecule has 2 aromatic carbocycles. The van der Waals surface area contributed by atoms with E-state index in [4.69, 9.17) is 9.47 Å². The molecule has 154 valence electrons. The first-order valence-electron chi connectivity index (χ1n) is 9.48. The highest BCUT2D eigenvalue weighted by Crippen LogP contribution is 2.35. The number of rotatable bonds is 5. The van der Waals surface area contributed by atoms with E-state index in [9.17, 15) is 9.59 Å². The number of carbonyl (C=O) groups excluding carboxylic acids is 2. The summed E-state index contributed by atoms with van der Waals surface area (Å²) in [4.78, 5) is 25.4. The number of nitrogens with one attached hydrogen (secondary N) is 2. The molecule has 0 bridgehead atoms. The van der Waals surface area contributed by atoms with E-state index >= 15 is 0 Å². The first-order chi connectivity index (χ1) is 14.5. The maximum atomic E-state index is 13.1. The van der Waals surface area contributed by atoms with Crippen LogP contribution in [0.2, 0.25) is 0 Å². The van der Waals surface area contributed by atoms with Gasteiger partial charge in [0.2, 0.25) is 11.8 Å². The van der Waals surface area contributed by atoms with Crippen LogP contribution < -0.4 is 20.1 Å². The van der Waals surface area contributed by atoms with Crippen LogP contribution in [0.15, 0.2) is 48.5 Å². The number of hydrogen-bond acceptors (Lipinski definition) is 5. The molecule has 8 heteroatoms. The molecule has 8 nitrogen and oxygen atoms in total. The molecule has 4 rings (SSSR count). The molecule has 2 N–H and O–H groups in total. The van der Waals surface area contributed by atoms with Crippen molar-refractivity contribution < 1.29 is 19.1 Å². The molecule has 0 unspecified atom stereocenters. The van der Waals surface area contributed by atoms with E-state index < -0.39 is 6.04 Å². The average Bonchev–Trinajstić information content (AvgIpc) is 3.09. The minimum atomic E-state index is -0.776. The highest BCUT2D eigenvalue weighted by Gasteiger charge is 2.34. The number of carbonyl (C=O) groups is 2. The van der Waals surface area contributed by atoms with E-state index in [1.54, 1.807) is 22.9 Å². The predicted octanol–water partition coefficient (Wildman–Crippen LogP) is 3.40. The summed E-state index contributed by atoms with van der Waals surface area (Å²) in [5.41, 5.74) is 2.97. The molecular weight excluding hydrogens is 384 g/mol. The Bertz CT molecular complexity index is 1090. The third-order valence-electron chi connectivity index (χ3n) is 5.05. The van der Waals surface area contributed by atoms with Gasteiger partial charge >= 0.3 is 0 Å². The second-order valence-corrected chi connectivity index (χ2v) is 6.99. The van der Waals surface area contributed by atoms with Crippen LogP contribution in [0.1, 0.15) is 18.0 Å². The Morgan fingerprint density at radius 3 is 2.43 bits per heavy atom. The maximum absolute atomic E-state index is 13.1. The van der Waals surface area contributed by atoms with Crippen LogP contribution in [0.4, 0.5) is 11.5 Å². The quantitative estimate of drug-likeness (QED) is 0.677. The van der Waals surface area contributed by atoms with E-state index in [1.165, 1.54) is 14.2 Å². The van der Waals surface area contributed by atoms with Crippen molar-refractivity contribution >= 4 is 23.3 Å². The lowest BCUT2D eigenvalue weighted by molar-refractivity contribution is -0.125. The Morgan fingerprint density at radius 1 is 1.13 bits per heavy atom. The summed E-state index contributed by atoms with van der Waals surface area (Å²) in [6.07, 6.45) is -0.00468. The number of fused-ring (bicyclic) bond motifs is 1. The molecule has 0 spiro atoms. The van der Waals surface area contributed by atoms with Crippen molar-refractivity contribution in [3.05, 3.63) is 54.1 Å². The highest BCUT2D eigenvalue weighted by molar-refractivity contribution is 6.02. The van der Waals surface area contributed by atoms with Crippen LogP contribution in [0, 0.1) is 6.92 Å². The minimum Gasteiger partial charge on any atom is -0.497 e. The topological polar surface area (TPSA) is 94.5 Å². The van der Waals surface area contributed by atoms with E-state index in [-0.39, 0.29) is 18.2 Å². The Morgan fingerprint density at radius 2 is 1.80 bits per heavy atom. The smallest absolute Gasteiger partial charge is 0.249 e. The maximum Gasteiger partial charge on any atom is 0.249 e. The number of ether oxygens (including phenoxy) is 2. The fourth-order valence-electron chi connectivity index (χ4n) is 3.52. The summed E-state index contributed by atoms with van der Waals surface area (Å²) < 4.78 is 12.1. The van der Waals surface area contributed by atoms with Gasteiger partial charge in [-0.2, -0.15) is 5.10 Å². The number of benzene rings is 2. The van der Waals surface area contributed by atoms with Gasteiger partial charge in [-0.05, 0) is 6.92 Å². The van der Waals surface area contributed by atoms with Gasteiger partial charge in [0.1, 0.15) is 23.4 Å². The summed E-state index contributed by atoms with van der Waals surface area (Å²) in [6.45, 7) is 1.88. The monoisotopic (exact) mass is 406 g/mol. The molecule has 1 aromatic heterocycles. The first kappa shape index (κ1) is 19.5. The van der Waals surface area contributed by atoms with E-state index in [2.05, 4.69) is 15.7 Å². The molecular formula is C22H22N4O4. The van der Waals surface area contributed by atoms with Crippen LogP contribution >= 0.6 is 0 Å². The summed E-state index contributed by atoms with van der Waals surface area (Å²) in [5, 5.41) is 10.4. The molecule has 1 aliphatic rings. The van der Waals surface area contributed by atoms with Gasteiger partial charge in [0.25, 0.3) is 0 Å². The van der Waals surface area contributed by atoms with Crippen LogP contribution in [0.5, 0.6) is 11.5 Å². The van der Waals surface area contributed by atoms with Crippen LogP contribution in [-0.2, 0) is 9.59 Å². The Kier molecular flexibility index (Phi) is 5.14. The fourth-order valence-corrected chi connectivity index (χ4v) is 3.52. The van der Waals surface area contributed by atoms with Crippen LogP contribution in [-0.4, -0.2) is 35.8 Å². The number of anilines is 2. The average molecular weight is 406 g/mol. The van der Waals surface area contributed by atoms with Crippen molar-refractivity contribution in [1.29, 1.82) is 0 Å². The lowest BCUT2D eigenvalue weighted by atomic mass is 10.1. The summed E-state index contributed by atoms with van der Waals surface area (Å²) in [7, 11) is 3.07. The van der Waals surface area contributed by atoms with Crippen molar-refractivity contribution in [3.8, 4) is 22.8 Å². The van der Waals surface area contributed by atoms with Crippen molar-refractivity contribution in [2.45, 2.75) is 19.4 Å². The number of nitrogens with zero attached hydrogens (tertiary/aromatic N) is 2. The zero-order chi connectivity index (χ0) is 21.3. The van der Waals surface area contributed by atoms with Gasteiger partial charge in [-0.15, -0.1) is 0 Å². The largest absolute Gasteiger partial charge is 0.497 e. The van der Waals surface area contributed by atoms with E-state index in [0.29, 0.717) is 23.0 Å². The zero-order valence-corrected chi connectivity index (χ0v) is 16.9. The third kappa shape index (κ3) is 3.59. The molecule has 0 saturated carbocycles. The summed E-state index contributed by atoms with van der Waals surface area (Å²) in [5.74, 6) is 1.06. The number of methoxy groups -OCH3 is 2. The lowest BCUT2D eigenvalue weighted by Gasteiger charge is -2.24. The number of amides is 2. The molecule has 0 fully saturated rings. The van der Waals surface area contributed by atoms with Crippen molar-refractivity contribution in [2.75, 3.05) is 24.9 Å². The molecule has 0 radical (unpaired) electrons. The molecule has 1 atom stereocenters. The summed E-state index contributed by atoms with van der Waals surface area (Å²) in [6, 6.07) is 14.0. The Labute approximate surface area is 173 Å². The SMILES string of the molecule is COc1cc(NC(=O)[C@H]2CC(=O)Nc3c(C)c(-c4ccccc4)nn32)cc(OC)c1. The van der Waals surface area contributed by atoms with Crippen molar-refractivity contribution in [2.24, 2.45) is 0 Å². The molecule has 0 aliphatic carbocycles. The van der Waals surface area contributed by atoms with Gasteiger partial charge in [-0.1, -0.05) is 30.3 Å². The van der Waals surface area contributed by atoms with Crippen LogP contribution in [0.25, 0.3) is 11.3 Å². The van der Waals surface area contributed by atoms with Gasteiger partial charge in [-0.3, -0.25) is 9.59 Å². The van der Waals surface area contributed by atoms with Gasteiger partial charge in [0.15, 0.2) is 0 Å². The fraction of sp³-hybridized carbons (Fsp3) is 0.227. The molecule has 2 amide bonds. The van der Waals surface area contributed by atoms with Crippen LogP contribution in [0.3, 0.4) is 0 Å². The first-order valence-corrected chi connectivity index (χ1v) is 9.48. The molecule has 1 aliphatic heterocycles. The molecule has 2 heterocycles. The van der Waals surface area contributed by atoms with Gasteiger partial charge < -0.3 is 20.1 Å². The molecule has 3 aromatic rings. The predicted molar refractivity (Wildman–Crippen MR) is 113 cm³/mol.